The lowest BCUT2D eigenvalue weighted by atomic mass is 9.70. The van der Waals surface area contributed by atoms with E-state index in [-0.39, 0.29) is 21.3 Å². The van der Waals surface area contributed by atoms with Gasteiger partial charge in [0.2, 0.25) is 0 Å². The van der Waals surface area contributed by atoms with Gasteiger partial charge in [0.15, 0.2) is 9.84 Å². The van der Waals surface area contributed by atoms with Crippen LogP contribution in [0.2, 0.25) is 0 Å². The Hall–Kier alpha value is 0.530. The van der Waals surface area contributed by atoms with E-state index >= 15 is 0 Å². The van der Waals surface area contributed by atoms with Crippen LogP contribution in [0.1, 0.15) is 19.3 Å². The van der Waals surface area contributed by atoms with Gasteiger partial charge in [0.1, 0.15) is 0 Å². The van der Waals surface area contributed by atoms with Crippen molar-refractivity contribution >= 4 is 33.0 Å². The van der Waals surface area contributed by atoms with Crippen molar-refractivity contribution in [2.24, 2.45) is 11.8 Å². The summed E-state index contributed by atoms with van der Waals surface area (Å²) in [6.07, 6.45) is 2.42. The first kappa shape index (κ1) is 9.73. The molecule has 14 heavy (non-hydrogen) atoms. The van der Waals surface area contributed by atoms with Crippen LogP contribution >= 0.6 is 23.2 Å². The first-order chi connectivity index (χ1) is 6.51. The third-order valence-electron chi connectivity index (χ3n) is 4.13. The molecule has 2 heterocycles. The lowest BCUT2D eigenvalue weighted by Crippen LogP contribution is -2.62. The van der Waals surface area contributed by atoms with E-state index in [1.807, 2.05) is 0 Å². The highest BCUT2D eigenvalue weighted by Gasteiger charge is 2.60. The van der Waals surface area contributed by atoms with Gasteiger partial charge in [-0.1, -0.05) is 0 Å². The van der Waals surface area contributed by atoms with Gasteiger partial charge in [-0.15, -0.1) is 23.2 Å². The maximum Gasteiger partial charge on any atom is 0.158 e. The summed E-state index contributed by atoms with van der Waals surface area (Å²) in [5.41, 5.74) is 0. The van der Waals surface area contributed by atoms with Gasteiger partial charge in [-0.2, -0.15) is 0 Å². The summed E-state index contributed by atoms with van der Waals surface area (Å²) in [6.45, 7) is 0. The molecule has 0 N–H and O–H groups in total. The molecule has 0 aromatic carbocycles. The number of hydrogen-bond acceptors (Lipinski definition) is 2. The number of alkyl halides is 2. The smallest absolute Gasteiger partial charge is 0.158 e. The van der Waals surface area contributed by atoms with Crippen LogP contribution in [0.3, 0.4) is 0 Å². The van der Waals surface area contributed by atoms with E-state index in [2.05, 4.69) is 0 Å². The van der Waals surface area contributed by atoms with Crippen LogP contribution < -0.4 is 0 Å². The minimum Gasteiger partial charge on any atom is -0.228 e. The zero-order chi connectivity index (χ0) is 10.1. The molecule has 4 aliphatic rings. The molecule has 0 radical (unpaired) electrons. The third-order valence-corrected chi connectivity index (χ3v) is 8.41. The van der Waals surface area contributed by atoms with Crippen molar-refractivity contribution in [3.8, 4) is 0 Å². The van der Waals surface area contributed by atoms with Crippen LogP contribution in [0.4, 0.5) is 0 Å². The Balaban J connectivity index is 2.10. The molecule has 0 aromatic rings. The molecule has 0 spiro atoms. The van der Waals surface area contributed by atoms with Crippen molar-refractivity contribution in [3.63, 3.8) is 0 Å². The summed E-state index contributed by atoms with van der Waals surface area (Å²) in [4.78, 5) is 0. The number of rotatable bonds is 0. The van der Waals surface area contributed by atoms with E-state index in [0.29, 0.717) is 24.7 Å². The van der Waals surface area contributed by atoms with E-state index in [1.54, 1.807) is 0 Å². The van der Waals surface area contributed by atoms with Gasteiger partial charge >= 0.3 is 0 Å². The lowest BCUT2D eigenvalue weighted by molar-refractivity contribution is 0.181. The Kier molecular flexibility index (Phi) is 1.95. The fraction of sp³-hybridized carbons (Fsp3) is 1.00. The third kappa shape index (κ3) is 1.01. The summed E-state index contributed by atoms with van der Waals surface area (Å²) in [6, 6.07) is 0. The fourth-order valence-electron chi connectivity index (χ4n) is 3.42. The molecule has 2 aliphatic carbocycles. The molecule has 80 valence electrons. The molecule has 4 bridgehead atoms. The summed E-state index contributed by atoms with van der Waals surface area (Å²) in [7, 11) is -3.03. The maximum atomic E-state index is 12.0. The average Bonchev–Trinajstić information content (AvgIpc) is 2.11. The molecule has 0 aromatic heterocycles. The lowest BCUT2D eigenvalue weighted by Gasteiger charge is -2.53. The molecule has 5 heteroatoms. The molecule has 6 unspecified atom stereocenters. The van der Waals surface area contributed by atoms with Gasteiger partial charge < -0.3 is 0 Å². The highest BCUT2D eigenvalue weighted by molar-refractivity contribution is 7.93. The molecule has 2 saturated heterocycles. The Morgan fingerprint density at radius 1 is 0.857 bits per heavy atom. The van der Waals surface area contributed by atoms with Crippen molar-refractivity contribution in [2.75, 3.05) is 0 Å². The van der Waals surface area contributed by atoms with Crippen molar-refractivity contribution < 1.29 is 8.42 Å². The van der Waals surface area contributed by atoms with Crippen LogP contribution in [0, 0.1) is 11.8 Å². The van der Waals surface area contributed by atoms with E-state index in [9.17, 15) is 8.42 Å². The second kappa shape index (κ2) is 2.80. The first-order valence-corrected chi connectivity index (χ1v) is 7.51. The van der Waals surface area contributed by atoms with E-state index in [4.69, 9.17) is 23.2 Å². The summed E-state index contributed by atoms with van der Waals surface area (Å²) in [5.74, 6) is 0.785. The van der Waals surface area contributed by atoms with Gasteiger partial charge in [-0.05, 0) is 31.1 Å². The van der Waals surface area contributed by atoms with E-state index < -0.39 is 9.84 Å². The minimum atomic E-state index is -3.03. The van der Waals surface area contributed by atoms with Crippen molar-refractivity contribution in [1.29, 1.82) is 0 Å². The number of halogens is 2. The van der Waals surface area contributed by atoms with Crippen LogP contribution in [0.5, 0.6) is 0 Å². The van der Waals surface area contributed by atoms with Gasteiger partial charge in [0.25, 0.3) is 0 Å². The summed E-state index contributed by atoms with van der Waals surface area (Å²) in [5, 5.41) is -0.920. The van der Waals surface area contributed by atoms with Gasteiger partial charge in [0.05, 0.1) is 21.3 Å². The van der Waals surface area contributed by atoms with E-state index in [1.165, 1.54) is 0 Å². The van der Waals surface area contributed by atoms with Crippen LogP contribution in [-0.2, 0) is 9.84 Å². The largest absolute Gasteiger partial charge is 0.228 e. The minimum absolute atomic E-state index is 0.156. The molecule has 2 nitrogen and oxygen atoms in total. The summed E-state index contributed by atoms with van der Waals surface area (Å²) >= 11 is 12.4. The van der Waals surface area contributed by atoms with Gasteiger partial charge in [0, 0.05) is 0 Å². The molecule has 2 aliphatic heterocycles. The van der Waals surface area contributed by atoms with Crippen molar-refractivity contribution in [1.82, 2.24) is 0 Å². The standard InChI is InChI=1S/C9H12Cl2O2S/c10-8-4-1-5-3-7(8)14(12,13)6(2-4)9(5)11/h4-9H,1-3H2. The maximum absolute atomic E-state index is 12.0. The zero-order valence-corrected chi connectivity index (χ0v) is 9.89. The molecule has 4 fully saturated rings. The molecule has 6 atom stereocenters. The van der Waals surface area contributed by atoms with Crippen molar-refractivity contribution in [3.05, 3.63) is 0 Å². The molecular formula is C9H12Cl2O2S. The predicted octanol–water partition coefficient (Wildman–Crippen LogP) is 1.80. The summed E-state index contributed by atoms with van der Waals surface area (Å²) < 4.78 is 24.0. The molecular weight excluding hydrogens is 243 g/mol. The Bertz CT molecular complexity index is 339. The predicted molar refractivity (Wildman–Crippen MR) is 56.6 cm³/mol. The molecule has 0 amide bonds. The zero-order valence-electron chi connectivity index (χ0n) is 7.57. The topological polar surface area (TPSA) is 34.1 Å². The normalized spacial score (nSPS) is 59.0. The molecule has 2 saturated carbocycles. The highest BCUT2D eigenvalue weighted by atomic mass is 35.5. The van der Waals surface area contributed by atoms with Crippen LogP contribution in [-0.4, -0.2) is 29.7 Å². The van der Waals surface area contributed by atoms with E-state index in [0.717, 1.165) is 6.42 Å². The van der Waals surface area contributed by atoms with Gasteiger partial charge in [-0.25, -0.2) is 8.42 Å². The fourth-order valence-corrected chi connectivity index (χ4v) is 7.55. The second-order valence-corrected chi connectivity index (χ2v) is 8.18. The Labute approximate surface area is 93.9 Å². The number of sulfone groups is 1. The van der Waals surface area contributed by atoms with Crippen LogP contribution in [0.15, 0.2) is 0 Å². The average molecular weight is 255 g/mol. The quantitative estimate of drug-likeness (QED) is 0.618. The molecule has 4 rings (SSSR count). The highest BCUT2D eigenvalue weighted by Crippen LogP contribution is 2.54. The monoisotopic (exact) mass is 254 g/mol. The second-order valence-electron chi connectivity index (χ2n) is 4.78. The van der Waals surface area contributed by atoms with Crippen LogP contribution in [0.25, 0.3) is 0 Å². The first-order valence-electron chi connectivity index (χ1n) is 5.02. The number of hydrogen-bond donors (Lipinski definition) is 0. The van der Waals surface area contributed by atoms with Gasteiger partial charge in [-0.3, -0.25) is 0 Å². The SMILES string of the molecule is O=S1(=O)C2CC3CC(CC1C3Cl)C2Cl. The Morgan fingerprint density at radius 3 is 1.71 bits per heavy atom. The Morgan fingerprint density at radius 2 is 1.29 bits per heavy atom. The van der Waals surface area contributed by atoms with Crippen molar-refractivity contribution in [2.45, 2.75) is 40.5 Å².